The number of carbonyl (C=O) groups is 2. The maximum absolute atomic E-state index is 11.3. The third-order valence-electron chi connectivity index (χ3n) is 1.97. The molecule has 1 heterocycles. The largest absolute Gasteiger partial charge is 0.460 e. The fourth-order valence-corrected chi connectivity index (χ4v) is 1.15. The highest BCUT2D eigenvalue weighted by Crippen LogP contribution is 2.00. The minimum Gasteiger partial charge on any atom is -0.460 e. The SMILES string of the molecule is C=CCOC(=O)[C@@H](N)Cc1cn(C(N)=O)cn1. The van der Waals surface area contributed by atoms with Crippen molar-refractivity contribution in [1.82, 2.24) is 9.55 Å². The first kappa shape index (κ1) is 12.9. The number of nitrogens with two attached hydrogens (primary N) is 2. The smallest absolute Gasteiger partial charge is 0.324 e. The van der Waals surface area contributed by atoms with Crippen LogP contribution in [0, 0.1) is 0 Å². The molecule has 0 aliphatic rings. The van der Waals surface area contributed by atoms with Crippen LogP contribution in [-0.4, -0.2) is 34.2 Å². The highest BCUT2D eigenvalue weighted by Gasteiger charge is 2.16. The second-order valence-electron chi connectivity index (χ2n) is 3.34. The molecule has 7 heteroatoms. The van der Waals surface area contributed by atoms with Gasteiger partial charge in [0.2, 0.25) is 0 Å². The molecule has 0 saturated heterocycles. The van der Waals surface area contributed by atoms with E-state index in [1.54, 1.807) is 0 Å². The maximum Gasteiger partial charge on any atom is 0.324 e. The summed E-state index contributed by atoms with van der Waals surface area (Å²) in [4.78, 5) is 26.0. The van der Waals surface area contributed by atoms with Crippen LogP contribution in [-0.2, 0) is 16.0 Å². The Bertz CT molecular complexity index is 427. The van der Waals surface area contributed by atoms with Crippen LogP contribution in [0.4, 0.5) is 4.79 Å². The molecule has 1 amide bonds. The molecule has 92 valence electrons. The van der Waals surface area contributed by atoms with Crippen LogP contribution in [0.15, 0.2) is 25.2 Å². The van der Waals surface area contributed by atoms with E-state index in [0.29, 0.717) is 5.69 Å². The minimum absolute atomic E-state index is 0.113. The molecule has 1 atom stereocenters. The Morgan fingerprint density at radius 1 is 1.65 bits per heavy atom. The summed E-state index contributed by atoms with van der Waals surface area (Å²) in [6.45, 7) is 3.53. The number of hydrogen-bond donors (Lipinski definition) is 2. The quantitative estimate of drug-likeness (QED) is 0.525. The van der Waals surface area contributed by atoms with Crippen LogP contribution < -0.4 is 11.5 Å². The van der Waals surface area contributed by atoms with Gasteiger partial charge in [-0.1, -0.05) is 12.7 Å². The molecule has 4 N–H and O–H groups in total. The van der Waals surface area contributed by atoms with Gasteiger partial charge in [-0.2, -0.15) is 0 Å². The molecule has 17 heavy (non-hydrogen) atoms. The third kappa shape index (κ3) is 3.72. The minimum atomic E-state index is -0.828. The normalized spacial score (nSPS) is 11.8. The van der Waals surface area contributed by atoms with E-state index in [2.05, 4.69) is 11.6 Å². The number of hydrogen-bond acceptors (Lipinski definition) is 5. The Balaban J connectivity index is 2.54. The fourth-order valence-electron chi connectivity index (χ4n) is 1.15. The van der Waals surface area contributed by atoms with Gasteiger partial charge in [-0.25, -0.2) is 9.78 Å². The Morgan fingerprint density at radius 2 is 2.35 bits per heavy atom. The van der Waals surface area contributed by atoms with Gasteiger partial charge in [0.25, 0.3) is 0 Å². The molecule has 0 bridgehead atoms. The third-order valence-corrected chi connectivity index (χ3v) is 1.97. The summed E-state index contributed by atoms with van der Waals surface area (Å²) in [5.41, 5.74) is 11.1. The summed E-state index contributed by atoms with van der Waals surface area (Å²) >= 11 is 0. The van der Waals surface area contributed by atoms with E-state index in [9.17, 15) is 9.59 Å². The summed E-state index contributed by atoms with van der Waals surface area (Å²) in [7, 11) is 0. The van der Waals surface area contributed by atoms with Crippen LogP contribution in [0.25, 0.3) is 0 Å². The van der Waals surface area contributed by atoms with Crippen molar-refractivity contribution in [3.8, 4) is 0 Å². The number of primary amides is 1. The van der Waals surface area contributed by atoms with Crippen LogP contribution in [0.5, 0.6) is 0 Å². The van der Waals surface area contributed by atoms with Crippen LogP contribution in [0.1, 0.15) is 5.69 Å². The Morgan fingerprint density at radius 3 is 2.88 bits per heavy atom. The second-order valence-corrected chi connectivity index (χ2v) is 3.34. The highest BCUT2D eigenvalue weighted by molar-refractivity contribution is 5.76. The Labute approximate surface area is 98.1 Å². The van der Waals surface area contributed by atoms with Gasteiger partial charge in [-0.3, -0.25) is 9.36 Å². The molecular formula is C10H14N4O3. The van der Waals surface area contributed by atoms with Crippen molar-refractivity contribution in [2.24, 2.45) is 11.5 Å². The van der Waals surface area contributed by atoms with E-state index in [0.717, 1.165) is 4.57 Å². The lowest BCUT2D eigenvalue weighted by atomic mass is 10.2. The first-order valence-corrected chi connectivity index (χ1v) is 4.90. The molecule has 0 aromatic carbocycles. The average Bonchev–Trinajstić information content (AvgIpc) is 2.74. The van der Waals surface area contributed by atoms with Gasteiger partial charge < -0.3 is 16.2 Å². The summed E-state index contributed by atoms with van der Waals surface area (Å²) in [6.07, 6.45) is 4.31. The molecule has 0 spiro atoms. The molecule has 0 unspecified atom stereocenters. The topological polar surface area (TPSA) is 113 Å². The predicted octanol–water partition coefficient (Wildman–Crippen LogP) is -0.591. The standard InChI is InChI=1S/C10H14N4O3/c1-2-3-17-9(15)8(11)4-7-5-14(6-13-7)10(12)16/h2,5-6,8H,1,3-4,11H2,(H2,12,16)/t8-/m0/s1. The van der Waals surface area contributed by atoms with Gasteiger partial charge in [0, 0.05) is 12.6 Å². The first-order valence-electron chi connectivity index (χ1n) is 4.90. The van der Waals surface area contributed by atoms with Crippen molar-refractivity contribution >= 4 is 12.0 Å². The van der Waals surface area contributed by atoms with Gasteiger partial charge in [0.05, 0.1) is 5.69 Å². The number of rotatable bonds is 5. The molecule has 0 saturated carbocycles. The van der Waals surface area contributed by atoms with Gasteiger partial charge >= 0.3 is 12.0 Å². The molecule has 0 aliphatic carbocycles. The molecular weight excluding hydrogens is 224 g/mol. The number of aromatic nitrogens is 2. The van der Waals surface area contributed by atoms with E-state index in [-0.39, 0.29) is 13.0 Å². The highest BCUT2D eigenvalue weighted by atomic mass is 16.5. The van der Waals surface area contributed by atoms with Crippen molar-refractivity contribution in [3.05, 3.63) is 30.9 Å². The summed E-state index contributed by atoms with van der Waals surface area (Å²) < 4.78 is 5.88. The van der Waals surface area contributed by atoms with E-state index < -0.39 is 18.0 Å². The predicted molar refractivity (Wildman–Crippen MR) is 60.0 cm³/mol. The van der Waals surface area contributed by atoms with Crippen LogP contribution >= 0.6 is 0 Å². The first-order chi connectivity index (χ1) is 8.04. The number of amides is 1. The van der Waals surface area contributed by atoms with Gasteiger partial charge in [0.15, 0.2) is 0 Å². The van der Waals surface area contributed by atoms with Crippen LogP contribution in [0.3, 0.4) is 0 Å². The Kier molecular flexibility index (Phi) is 4.41. The number of imidazole rings is 1. The molecule has 0 aliphatic heterocycles. The molecule has 1 aromatic rings. The van der Waals surface area contributed by atoms with Crippen molar-refractivity contribution in [2.45, 2.75) is 12.5 Å². The molecule has 1 aromatic heterocycles. The van der Waals surface area contributed by atoms with Crippen molar-refractivity contribution in [3.63, 3.8) is 0 Å². The van der Waals surface area contributed by atoms with Crippen molar-refractivity contribution in [1.29, 1.82) is 0 Å². The zero-order valence-corrected chi connectivity index (χ0v) is 9.20. The lowest BCUT2D eigenvalue weighted by molar-refractivity contribution is -0.143. The fraction of sp³-hybridized carbons (Fsp3) is 0.300. The van der Waals surface area contributed by atoms with Gasteiger partial charge in [-0.05, 0) is 0 Å². The lowest BCUT2D eigenvalue weighted by Crippen LogP contribution is -2.34. The van der Waals surface area contributed by atoms with E-state index in [1.807, 2.05) is 0 Å². The molecule has 1 rings (SSSR count). The molecule has 7 nitrogen and oxygen atoms in total. The Hall–Kier alpha value is -2.15. The monoisotopic (exact) mass is 238 g/mol. The van der Waals surface area contributed by atoms with E-state index >= 15 is 0 Å². The number of ether oxygens (including phenoxy) is 1. The van der Waals surface area contributed by atoms with Gasteiger partial charge in [-0.15, -0.1) is 0 Å². The van der Waals surface area contributed by atoms with E-state index in [1.165, 1.54) is 18.6 Å². The maximum atomic E-state index is 11.3. The zero-order chi connectivity index (χ0) is 12.8. The zero-order valence-electron chi connectivity index (χ0n) is 9.20. The molecule has 0 fully saturated rings. The summed E-state index contributed by atoms with van der Waals surface area (Å²) in [5.74, 6) is -0.543. The van der Waals surface area contributed by atoms with Crippen molar-refractivity contribution in [2.75, 3.05) is 6.61 Å². The second kappa shape index (κ2) is 5.80. The summed E-state index contributed by atoms with van der Waals surface area (Å²) in [6, 6.07) is -1.47. The average molecular weight is 238 g/mol. The lowest BCUT2D eigenvalue weighted by Gasteiger charge is -2.08. The van der Waals surface area contributed by atoms with Gasteiger partial charge in [0.1, 0.15) is 19.0 Å². The molecule has 0 radical (unpaired) electrons. The van der Waals surface area contributed by atoms with Crippen LogP contribution in [0.2, 0.25) is 0 Å². The van der Waals surface area contributed by atoms with E-state index in [4.69, 9.17) is 16.2 Å². The number of carbonyl (C=O) groups excluding carboxylic acids is 2. The number of nitrogens with zero attached hydrogens (tertiary/aromatic N) is 2. The number of esters is 1. The summed E-state index contributed by atoms with van der Waals surface area (Å²) in [5, 5.41) is 0. The van der Waals surface area contributed by atoms with Crippen molar-refractivity contribution < 1.29 is 14.3 Å².